The highest BCUT2D eigenvalue weighted by atomic mass is 35.5. The molecule has 2 rings (SSSR count). The fraction of sp³-hybridized carbons (Fsp3) is 0.133. The van der Waals surface area contributed by atoms with E-state index in [1.165, 1.54) is 0 Å². The predicted molar refractivity (Wildman–Crippen MR) is 71.9 cm³/mol. The summed E-state index contributed by atoms with van der Waals surface area (Å²) < 4.78 is 26.3. The molecule has 2 nitrogen and oxygen atoms in total. The molecule has 1 N–H and O–H groups in total. The van der Waals surface area contributed by atoms with Crippen LogP contribution in [0.1, 0.15) is 17.0 Å². The molecule has 0 saturated heterocycles. The highest BCUT2D eigenvalue weighted by molar-refractivity contribution is 6.31. The van der Waals surface area contributed by atoms with Crippen LogP contribution in [-0.4, -0.2) is 11.1 Å². The summed E-state index contributed by atoms with van der Waals surface area (Å²) >= 11 is 5.98. The molecule has 0 fully saturated rings. The molecule has 1 atom stereocenters. The monoisotopic (exact) mass is 296 g/mol. The molecule has 1 unspecified atom stereocenters. The molecule has 2 aromatic rings. The van der Waals surface area contributed by atoms with Gasteiger partial charge in [0.1, 0.15) is 11.6 Å². The molecular formula is C15H11ClF2O2. The van der Waals surface area contributed by atoms with E-state index in [4.69, 9.17) is 11.6 Å². The van der Waals surface area contributed by atoms with E-state index in [-0.39, 0.29) is 12.0 Å². The standard InChI is InChI=1S/C15H11ClF2O2/c16-14-4-2-1-3-12(14)13(15(19)20)7-9-5-10(17)8-11(18)6-9/h1-6,8,13H,7H2,(H,19,20). The van der Waals surface area contributed by atoms with Crippen LogP contribution in [0.25, 0.3) is 0 Å². The SMILES string of the molecule is O=C(O)C(Cc1cc(F)cc(F)c1)c1ccccc1Cl. The molecule has 2 aromatic carbocycles. The van der Waals surface area contributed by atoms with E-state index in [2.05, 4.69) is 0 Å². The largest absolute Gasteiger partial charge is 0.481 e. The second kappa shape index (κ2) is 6.01. The van der Waals surface area contributed by atoms with Crippen molar-refractivity contribution >= 4 is 17.6 Å². The first kappa shape index (κ1) is 14.5. The zero-order valence-electron chi connectivity index (χ0n) is 10.3. The lowest BCUT2D eigenvalue weighted by atomic mass is 9.92. The average molecular weight is 297 g/mol. The quantitative estimate of drug-likeness (QED) is 0.925. The third-order valence-corrected chi connectivity index (χ3v) is 3.29. The Morgan fingerprint density at radius 3 is 2.30 bits per heavy atom. The number of carbonyl (C=O) groups is 1. The van der Waals surface area contributed by atoms with Crippen molar-refractivity contribution in [2.75, 3.05) is 0 Å². The number of rotatable bonds is 4. The van der Waals surface area contributed by atoms with E-state index in [1.54, 1.807) is 24.3 Å². The maximum Gasteiger partial charge on any atom is 0.311 e. The molecule has 0 amide bonds. The fourth-order valence-corrected chi connectivity index (χ4v) is 2.32. The van der Waals surface area contributed by atoms with E-state index in [9.17, 15) is 18.7 Å². The third kappa shape index (κ3) is 3.33. The maximum atomic E-state index is 13.1. The van der Waals surface area contributed by atoms with Crippen LogP contribution >= 0.6 is 11.6 Å². The van der Waals surface area contributed by atoms with Crippen LogP contribution in [0.2, 0.25) is 5.02 Å². The lowest BCUT2D eigenvalue weighted by Gasteiger charge is -2.14. The number of hydrogen-bond donors (Lipinski definition) is 1. The molecule has 0 aliphatic rings. The van der Waals surface area contributed by atoms with Crippen LogP contribution in [0, 0.1) is 11.6 Å². The van der Waals surface area contributed by atoms with E-state index in [0.29, 0.717) is 10.6 Å². The van der Waals surface area contributed by atoms with Gasteiger partial charge in [0, 0.05) is 11.1 Å². The molecule has 0 bridgehead atoms. The molecule has 5 heteroatoms. The first-order chi connectivity index (χ1) is 9.47. The lowest BCUT2D eigenvalue weighted by molar-refractivity contribution is -0.138. The van der Waals surface area contributed by atoms with Crippen molar-refractivity contribution < 1.29 is 18.7 Å². The highest BCUT2D eigenvalue weighted by Crippen LogP contribution is 2.28. The van der Waals surface area contributed by atoms with Crippen molar-refractivity contribution in [3.63, 3.8) is 0 Å². The van der Waals surface area contributed by atoms with Gasteiger partial charge in [-0.1, -0.05) is 29.8 Å². The number of hydrogen-bond acceptors (Lipinski definition) is 1. The topological polar surface area (TPSA) is 37.3 Å². The van der Waals surface area contributed by atoms with Gasteiger partial charge < -0.3 is 5.11 Å². The lowest BCUT2D eigenvalue weighted by Crippen LogP contribution is -2.15. The van der Waals surface area contributed by atoms with Crippen LogP contribution in [0.3, 0.4) is 0 Å². The van der Waals surface area contributed by atoms with Crippen LogP contribution in [-0.2, 0) is 11.2 Å². The summed E-state index contributed by atoms with van der Waals surface area (Å²) in [6.45, 7) is 0. The Morgan fingerprint density at radius 2 is 1.75 bits per heavy atom. The van der Waals surface area contributed by atoms with Gasteiger partial charge in [0.05, 0.1) is 5.92 Å². The van der Waals surface area contributed by atoms with Gasteiger partial charge in [-0.15, -0.1) is 0 Å². The molecule has 104 valence electrons. The van der Waals surface area contributed by atoms with Gasteiger partial charge in [0.25, 0.3) is 0 Å². The number of carboxylic acid groups (broad SMARTS) is 1. The molecule has 0 aliphatic carbocycles. The zero-order chi connectivity index (χ0) is 14.7. The summed E-state index contributed by atoms with van der Waals surface area (Å²) in [7, 11) is 0. The Balaban J connectivity index is 2.36. The number of benzene rings is 2. The second-order valence-corrected chi connectivity index (χ2v) is 4.80. The van der Waals surface area contributed by atoms with E-state index in [1.807, 2.05) is 0 Å². The van der Waals surface area contributed by atoms with Crippen LogP contribution in [0.4, 0.5) is 8.78 Å². The Morgan fingerprint density at radius 1 is 1.15 bits per heavy atom. The average Bonchev–Trinajstić information content (AvgIpc) is 2.35. The molecule has 0 aromatic heterocycles. The Kier molecular flexibility index (Phi) is 4.35. The van der Waals surface area contributed by atoms with Gasteiger partial charge in [-0.3, -0.25) is 4.79 Å². The molecule has 0 spiro atoms. The summed E-state index contributed by atoms with van der Waals surface area (Å²) in [5.74, 6) is -3.51. The van der Waals surface area contributed by atoms with Gasteiger partial charge in [-0.05, 0) is 35.7 Å². The van der Waals surface area contributed by atoms with Crippen LogP contribution < -0.4 is 0 Å². The van der Waals surface area contributed by atoms with Gasteiger partial charge in [-0.2, -0.15) is 0 Å². The van der Waals surface area contributed by atoms with Gasteiger partial charge in [0.2, 0.25) is 0 Å². The summed E-state index contributed by atoms with van der Waals surface area (Å²) in [6.07, 6.45) is -0.0340. The minimum atomic E-state index is -1.09. The Bertz CT molecular complexity index is 623. The summed E-state index contributed by atoms with van der Waals surface area (Å²) in [6, 6.07) is 9.52. The van der Waals surface area contributed by atoms with Gasteiger partial charge >= 0.3 is 5.97 Å². The minimum absolute atomic E-state index is 0.0340. The van der Waals surface area contributed by atoms with Crippen molar-refractivity contribution in [2.24, 2.45) is 0 Å². The van der Waals surface area contributed by atoms with E-state index < -0.39 is 23.5 Å². The molecule has 0 heterocycles. The summed E-state index contributed by atoms with van der Waals surface area (Å²) in [5, 5.41) is 9.62. The van der Waals surface area contributed by atoms with Crippen molar-refractivity contribution in [3.8, 4) is 0 Å². The number of halogens is 3. The van der Waals surface area contributed by atoms with Crippen molar-refractivity contribution in [2.45, 2.75) is 12.3 Å². The zero-order valence-corrected chi connectivity index (χ0v) is 11.1. The van der Waals surface area contributed by atoms with Crippen molar-refractivity contribution in [3.05, 3.63) is 70.2 Å². The second-order valence-electron chi connectivity index (χ2n) is 4.39. The van der Waals surface area contributed by atoms with Gasteiger partial charge in [0.15, 0.2) is 0 Å². The van der Waals surface area contributed by atoms with E-state index >= 15 is 0 Å². The normalized spacial score (nSPS) is 12.2. The first-order valence-electron chi connectivity index (χ1n) is 5.89. The Labute approximate surface area is 119 Å². The molecule has 20 heavy (non-hydrogen) atoms. The molecule has 0 aliphatic heterocycles. The fourth-order valence-electron chi connectivity index (χ4n) is 2.05. The first-order valence-corrected chi connectivity index (χ1v) is 6.27. The molecule has 0 radical (unpaired) electrons. The predicted octanol–water partition coefficient (Wildman–Crippen LogP) is 4.03. The van der Waals surface area contributed by atoms with Crippen molar-refractivity contribution in [1.29, 1.82) is 0 Å². The maximum absolute atomic E-state index is 13.1. The van der Waals surface area contributed by atoms with Crippen LogP contribution in [0.5, 0.6) is 0 Å². The van der Waals surface area contributed by atoms with Gasteiger partial charge in [-0.25, -0.2) is 8.78 Å². The minimum Gasteiger partial charge on any atom is -0.481 e. The van der Waals surface area contributed by atoms with E-state index in [0.717, 1.165) is 18.2 Å². The smallest absolute Gasteiger partial charge is 0.311 e. The Hall–Kier alpha value is -1.94. The molecule has 0 saturated carbocycles. The molecular weight excluding hydrogens is 286 g/mol. The van der Waals surface area contributed by atoms with Crippen LogP contribution in [0.15, 0.2) is 42.5 Å². The summed E-state index contributed by atoms with van der Waals surface area (Å²) in [5.41, 5.74) is 0.696. The number of aliphatic carboxylic acids is 1. The van der Waals surface area contributed by atoms with Crippen molar-refractivity contribution in [1.82, 2.24) is 0 Å². The summed E-state index contributed by atoms with van der Waals surface area (Å²) in [4.78, 5) is 11.4. The highest BCUT2D eigenvalue weighted by Gasteiger charge is 2.23. The number of carboxylic acids is 1. The third-order valence-electron chi connectivity index (χ3n) is 2.94.